The number of primary amides is 1. The molecule has 5 nitrogen and oxygen atoms in total. The van der Waals surface area contributed by atoms with Gasteiger partial charge in [-0.25, -0.2) is 0 Å². The van der Waals surface area contributed by atoms with Crippen molar-refractivity contribution in [1.82, 2.24) is 5.48 Å². The highest BCUT2D eigenvalue weighted by Crippen LogP contribution is 1.74. The standard InChI is InChI=1S/C5H12N2O3/c1-4(8)2-7-10-3-5(6)9/h4,7-8H,2-3H2,1H3,(H2,6,9)/t4-/m1/s1. The molecule has 0 aliphatic heterocycles. The molecule has 1 amide bonds. The number of amides is 1. The zero-order valence-corrected chi connectivity index (χ0v) is 5.83. The summed E-state index contributed by atoms with van der Waals surface area (Å²) in [5.74, 6) is -0.543. The van der Waals surface area contributed by atoms with E-state index >= 15 is 0 Å². The molecule has 0 fully saturated rings. The van der Waals surface area contributed by atoms with Gasteiger partial charge in [-0.05, 0) is 6.92 Å². The van der Waals surface area contributed by atoms with Crippen molar-refractivity contribution in [3.05, 3.63) is 0 Å². The molecule has 5 heteroatoms. The number of aliphatic hydroxyl groups excluding tert-OH is 1. The molecule has 0 spiro atoms. The first-order valence-corrected chi connectivity index (χ1v) is 2.94. The first-order valence-electron chi connectivity index (χ1n) is 2.94. The fourth-order valence-corrected chi connectivity index (χ4v) is 0.302. The van der Waals surface area contributed by atoms with Crippen molar-refractivity contribution < 1.29 is 14.7 Å². The number of rotatable bonds is 5. The lowest BCUT2D eigenvalue weighted by molar-refractivity contribution is -0.125. The van der Waals surface area contributed by atoms with E-state index in [0.717, 1.165) is 0 Å². The molecule has 4 N–H and O–H groups in total. The zero-order valence-electron chi connectivity index (χ0n) is 5.83. The van der Waals surface area contributed by atoms with Crippen molar-refractivity contribution in [1.29, 1.82) is 0 Å². The fraction of sp³-hybridized carbons (Fsp3) is 0.800. The summed E-state index contributed by atoms with van der Waals surface area (Å²) in [4.78, 5) is 14.6. The van der Waals surface area contributed by atoms with E-state index in [4.69, 9.17) is 10.8 Å². The molecule has 0 saturated heterocycles. The van der Waals surface area contributed by atoms with Crippen LogP contribution in [0.25, 0.3) is 0 Å². The van der Waals surface area contributed by atoms with Crippen molar-refractivity contribution in [2.75, 3.05) is 13.2 Å². The summed E-state index contributed by atoms with van der Waals surface area (Å²) in [6.07, 6.45) is -0.493. The topological polar surface area (TPSA) is 84.6 Å². The number of aliphatic hydroxyl groups is 1. The molecule has 0 radical (unpaired) electrons. The van der Waals surface area contributed by atoms with E-state index in [9.17, 15) is 4.79 Å². The molecule has 0 unspecified atom stereocenters. The lowest BCUT2D eigenvalue weighted by Crippen LogP contribution is -2.29. The van der Waals surface area contributed by atoms with Crippen molar-refractivity contribution >= 4 is 5.91 Å². The zero-order chi connectivity index (χ0) is 7.98. The van der Waals surface area contributed by atoms with Crippen LogP contribution in [0.5, 0.6) is 0 Å². The SMILES string of the molecule is C[C@@H](O)CNOCC(N)=O. The first kappa shape index (κ1) is 9.35. The Labute approximate surface area is 59.1 Å². The second-order valence-corrected chi connectivity index (χ2v) is 1.95. The number of nitrogens with one attached hydrogen (secondary N) is 1. The van der Waals surface area contributed by atoms with Crippen LogP contribution >= 0.6 is 0 Å². The minimum atomic E-state index is -0.543. The van der Waals surface area contributed by atoms with Gasteiger partial charge >= 0.3 is 0 Å². The molecule has 0 aromatic carbocycles. The molecular weight excluding hydrogens is 136 g/mol. The minimum Gasteiger partial charge on any atom is -0.392 e. The van der Waals surface area contributed by atoms with Crippen LogP contribution in [0.4, 0.5) is 0 Å². The van der Waals surface area contributed by atoms with Gasteiger partial charge in [0.1, 0.15) is 6.61 Å². The summed E-state index contributed by atoms with van der Waals surface area (Å²) in [5, 5.41) is 8.66. The molecule has 0 aromatic heterocycles. The molecule has 0 aromatic rings. The summed E-state index contributed by atoms with van der Waals surface area (Å²) in [5.41, 5.74) is 7.11. The molecule has 0 bridgehead atoms. The lowest BCUT2D eigenvalue weighted by Gasteiger charge is -2.04. The van der Waals surface area contributed by atoms with Gasteiger partial charge < -0.3 is 10.8 Å². The highest BCUT2D eigenvalue weighted by molar-refractivity contribution is 5.74. The Hall–Kier alpha value is -0.650. The maximum Gasteiger partial charge on any atom is 0.245 e. The van der Waals surface area contributed by atoms with Gasteiger partial charge in [-0.3, -0.25) is 9.63 Å². The minimum absolute atomic E-state index is 0.174. The maximum absolute atomic E-state index is 10.0. The summed E-state index contributed by atoms with van der Waals surface area (Å²) < 4.78 is 0. The average Bonchev–Trinajstić information content (AvgIpc) is 1.79. The third kappa shape index (κ3) is 7.35. The van der Waals surface area contributed by atoms with Gasteiger partial charge in [0.05, 0.1) is 6.10 Å². The molecule has 0 aliphatic rings. The largest absolute Gasteiger partial charge is 0.392 e. The van der Waals surface area contributed by atoms with Gasteiger partial charge in [0.25, 0.3) is 0 Å². The van der Waals surface area contributed by atoms with Crippen molar-refractivity contribution in [3.63, 3.8) is 0 Å². The predicted octanol–water partition coefficient (Wildman–Crippen LogP) is -1.63. The summed E-state index contributed by atoms with van der Waals surface area (Å²) in [6.45, 7) is 1.71. The molecule has 60 valence electrons. The normalized spacial score (nSPS) is 13.0. The number of nitrogens with two attached hydrogens (primary N) is 1. The Kier molecular flexibility index (Phi) is 4.82. The molecule has 1 atom stereocenters. The Morgan fingerprint density at radius 2 is 2.50 bits per heavy atom. The quantitative estimate of drug-likeness (QED) is 0.323. The Morgan fingerprint density at radius 3 is 2.90 bits per heavy atom. The second kappa shape index (κ2) is 5.16. The Morgan fingerprint density at radius 1 is 1.90 bits per heavy atom. The van der Waals surface area contributed by atoms with Gasteiger partial charge in [-0.1, -0.05) is 0 Å². The molecule has 0 aliphatic carbocycles. The van der Waals surface area contributed by atoms with Gasteiger partial charge in [0, 0.05) is 6.54 Å². The fourth-order valence-electron chi connectivity index (χ4n) is 0.302. The highest BCUT2D eigenvalue weighted by atomic mass is 16.6. The van der Waals surface area contributed by atoms with Crippen molar-refractivity contribution in [3.8, 4) is 0 Å². The van der Waals surface area contributed by atoms with Crippen LogP contribution in [0.3, 0.4) is 0 Å². The van der Waals surface area contributed by atoms with E-state index in [1.807, 2.05) is 0 Å². The molecule has 10 heavy (non-hydrogen) atoms. The molecule has 0 heterocycles. The molecule has 0 rings (SSSR count). The second-order valence-electron chi connectivity index (χ2n) is 1.95. The van der Waals surface area contributed by atoms with Crippen LogP contribution in [-0.2, 0) is 9.63 Å². The third-order valence-corrected chi connectivity index (χ3v) is 0.695. The van der Waals surface area contributed by atoms with Crippen LogP contribution in [0.1, 0.15) is 6.92 Å². The predicted molar refractivity (Wildman–Crippen MR) is 34.8 cm³/mol. The van der Waals surface area contributed by atoms with Gasteiger partial charge in [-0.15, -0.1) is 0 Å². The van der Waals surface area contributed by atoms with Crippen LogP contribution < -0.4 is 11.2 Å². The summed E-state index contributed by atoms with van der Waals surface area (Å²) in [7, 11) is 0. The van der Waals surface area contributed by atoms with E-state index < -0.39 is 12.0 Å². The number of carbonyl (C=O) groups is 1. The van der Waals surface area contributed by atoms with E-state index in [1.54, 1.807) is 6.92 Å². The van der Waals surface area contributed by atoms with E-state index in [2.05, 4.69) is 10.3 Å². The lowest BCUT2D eigenvalue weighted by atomic mass is 10.4. The summed E-state index contributed by atoms with van der Waals surface area (Å²) >= 11 is 0. The van der Waals surface area contributed by atoms with Crippen LogP contribution in [0, 0.1) is 0 Å². The monoisotopic (exact) mass is 148 g/mol. The van der Waals surface area contributed by atoms with Crippen molar-refractivity contribution in [2.24, 2.45) is 5.73 Å². The molecular formula is C5H12N2O3. The van der Waals surface area contributed by atoms with E-state index in [0.29, 0.717) is 0 Å². The number of hydroxylamine groups is 1. The van der Waals surface area contributed by atoms with E-state index in [-0.39, 0.29) is 13.2 Å². The third-order valence-electron chi connectivity index (χ3n) is 0.695. The van der Waals surface area contributed by atoms with Gasteiger partial charge in [0.15, 0.2) is 0 Å². The maximum atomic E-state index is 10.0. The smallest absolute Gasteiger partial charge is 0.245 e. The number of hydrogen-bond donors (Lipinski definition) is 3. The Balaban J connectivity index is 2.98. The van der Waals surface area contributed by atoms with Crippen LogP contribution in [-0.4, -0.2) is 30.3 Å². The first-order chi connectivity index (χ1) is 4.63. The van der Waals surface area contributed by atoms with Crippen LogP contribution in [0.15, 0.2) is 0 Å². The van der Waals surface area contributed by atoms with Crippen molar-refractivity contribution in [2.45, 2.75) is 13.0 Å². The average molecular weight is 148 g/mol. The Bertz CT molecular complexity index is 105. The van der Waals surface area contributed by atoms with E-state index in [1.165, 1.54) is 0 Å². The van der Waals surface area contributed by atoms with Gasteiger partial charge in [-0.2, -0.15) is 5.48 Å². The summed E-state index contributed by atoms with van der Waals surface area (Å²) in [6, 6.07) is 0. The molecule has 0 saturated carbocycles. The van der Waals surface area contributed by atoms with Crippen LogP contribution in [0.2, 0.25) is 0 Å². The number of hydrogen-bond acceptors (Lipinski definition) is 4. The highest BCUT2D eigenvalue weighted by Gasteiger charge is 1.95. The number of carbonyl (C=O) groups excluding carboxylic acids is 1. The van der Waals surface area contributed by atoms with Gasteiger partial charge in [0.2, 0.25) is 5.91 Å².